The SMILES string of the molecule is C[C@H](Cc1ncnc2scnc12)c1cc2cccc(-c3cnc(N)nc3)c2c(=O)n1-c1ccccc1. The quantitative estimate of drug-likeness (QED) is 0.369. The van der Waals surface area contributed by atoms with Crippen LogP contribution in [-0.2, 0) is 6.42 Å². The average molecular weight is 492 g/mol. The van der Waals surface area contributed by atoms with Crippen LogP contribution >= 0.6 is 11.3 Å². The first-order valence-electron chi connectivity index (χ1n) is 11.4. The molecule has 0 fully saturated rings. The fraction of sp³-hybridized carbons (Fsp3) is 0.111. The van der Waals surface area contributed by atoms with Crippen molar-refractivity contribution in [3.8, 4) is 16.8 Å². The molecule has 9 heteroatoms. The Labute approximate surface area is 210 Å². The smallest absolute Gasteiger partial charge is 0.263 e. The molecule has 0 amide bonds. The van der Waals surface area contributed by atoms with Gasteiger partial charge in [-0.25, -0.2) is 24.9 Å². The van der Waals surface area contributed by atoms with E-state index >= 15 is 0 Å². The molecule has 0 unspecified atom stereocenters. The Morgan fingerprint density at radius 1 is 0.972 bits per heavy atom. The third-order valence-electron chi connectivity index (χ3n) is 6.29. The summed E-state index contributed by atoms with van der Waals surface area (Å²) >= 11 is 1.49. The first kappa shape index (κ1) is 22.0. The van der Waals surface area contributed by atoms with E-state index in [1.807, 2.05) is 48.5 Å². The van der Waals surface area contributed by atoms with Crippen molar-refractivity contribution in [1.82, 2.24) is 29.5 Å². The molecule has 0 bridgehead atoms. The monoisotopic (exact) mass is 491 g/mol. The van der Waals surface area contributed by atoms with Crippen molar-refractivity contribution < 1.29 is 0 Å². The Bertz CT molecular complexity index is 1760. The van der Waals surface area contributed by atoms with E-state index in [0.717, 1.165) is 43.9 Å². The van der Waals surface area contributed by atoms with Gasteiger partial charge in [-0.05, 0) is 29.1 Å². The van der Waals surface area contributed by atoms with Crippen LogP contribution in [0, 0.1) is 0 Å². The first-order chi connectivity index (χ1) is 17.6. The van der Waals surface area contributed by atoms with Crippen molar-refractivity contribution in [2.24, 2.45) is 0 Å². The number of para-hydroxylation sites is 1. The van der Waals surface area contributed by atoms with Gasteiger partial charge in [-0.15, -0.1) is 11.3 Å². The number of rotatable bonds is 5. The summed E-state index contributed by atoms with van der Waals surface area (Å²) in [5.41, 5.74) is 12.3. The summed E-state index contributed by atoms with van der Waals surface area (Å²) in [5, 5.41) is 1.46. The van der Waals surface area contributed by atoms with E-state index in [0.29, 0.717) is 11.8 Å². The molecular formula is C27H21N7OS. The molecule has 2 N–H and O–H groups in total. The number of hydrogen-bond acceptors (Lipinski definition) is 8. The van der Waals surface area contributed by atoms with Gasteiger partial charge in [0.1, 0.15) is 16.7 Å². The summed E-state index contributed by atoms with van der Waals surface area (Å²) in [5.74, 6) is 0.168. The highest BCUT2D eigenvalue weighted by atomic mass is 32.1. The average Bonchev–Trinajstić information content (AvgIpc) is 3.39. The topological polar surface area (TPSA) is 112 Å². The van der Waals surface area contributed by atoms with Crippen molar-refractivity contribution in [1.29, 1.82) is 0 Å². The number of nitrogens with two attached hydrogens (primary N) is 1. The summed E-state index contributed by atoms with van der Waals surface area (Å²) in [6.45, 7) is 2.11. The van der Waals surface area contributed by atoms with Crippen molar-refractivity contribution in [2.75, 3.05) is 5.73 Å². The fourth-order valence-electron chi connectivity index (χ4n) is 4.59. The summed E-state index contributed by atoms with van der Waals surface area (Å²) in [6, 6.07) is 17.6. The number of fused-ring (bicyclic) bond motifs is 2. The number of pyridine rings is 1. The van der Waals surface area contributed by atoms with E-state index in [-0.39, 0.29) is 17.4 Å². The van der Waals surface area contributed by atoms with Gasteiger partial charge in [-0.2, -0.15) is 0 Å². The van der Waals surface area contributed by atoms with Crippen LogP contribution in [0.2, 0.25) is 0 Å². The molecule has 6 rings (SSSR count). The molecule has 0 saturated heterocycles. The number of anilines is 1. The minimum absolute atomic E-state index is 0.0226. The van der Waals surface area contributed by atoms with Gasteiger partial charge < -0.3 is 5.73 Å². The number of nitrogen functional groups attached to an aromatic ring is 1. The van der Waals surface area contributed by atoms with Gasteiger partial charge in [0.15, 0.2) is 0 Å². The Kier molecular flexibility index (Phi) is 5.46. The van der Waals surface area contributed by atoms with Crippen LogP contribution in [0.4, 0.5) is 5.95 Å². The summed E-state index contributed by atoms with van der Waals surface area (Å²) in [6.07, 6.45) is 5.49. The Balaban J connectivity index is 1.57. The highest BCUT2D eigenvalue weighted by Gasteiger charge is 2.20. The van der Waals surface area contributed by atoms with Gasteiger partial charge in [-0.1, -0.05) is 43.3 Å². The second kappa shape index (κ2) is 8.94. The molecule has 8 nitrogen and oxygen atoms in total. The molecule has 0 aliphatic heterocycles. The predicted octanol–water partition coefficient (Wildman–Crippen LogP) is 4.78. The van der Waals surface area contributed by atoms with Crippen molar-refractivity contribution >= 4 is 38.4 Å². The molecule has 4 aromatic heterocycles. The van der Waals surface area contributed by atoms with E-state index in [9.17, 15) is 4.79 Å². The van der Waals surface area contributed by atoms with Gasteiger partial charge >= 0.3 is 0 Å². The highest BCUT2D eigenvalue weighted by Crippen LogP contribution is 2.31. The van der Waals surface area contributed by atoms with E-state index in [1.54, 1.807) is 28.8 Å². The molecule has 0 radical (unpaired) electrons. The van der Waals surface area contributed by atoms with Gasteiger partial charge in [0.2, 0.25) is 5.95 Å². The molecule has 2 aromatic carbocycles. The third-order valence-corrected chi connectivity index (χ3v) is 7.02. The van der Waals surface area contributed by atoms with Gasteiger partial charge in [0.25, 0.3) is 5.56 Å². The third kappa shape index (κ3) is 3.79. The molecule has 1 atom stereocenters. The Hall–Kier alpha value is -4.50. The van der Waals surface area contributed by atoms with Gasteiger partial charge in [0.05, 0.1) is 16.6 Å². The zero-order valence-electron chi connectivity index (χ0n) is 19.4. The maximum atomic E-state index is 14.2. The maximum Gasteiger partial charge on any atom is 0.263 e. The lowest BCUT2D eigenvalue weighted by Gasteiger charge is -2.21. The first-order valence-corrected chi connectivity index (χ1v) is 12.3. The van der Waals surface area contributed by atoms with Gasteiger partial charge in [0, 0.05) is 41.7 Å². The molecule has 36 heavy (non-hydrogen) atoms. The standard InChI is InChI=1S/C27H21N7OS/c1-16(10-21-24-25(32-14-31-21)36-15-33-24)22-11-17-6-5-9-20(18-12-29-27(28)30-13-18)23(17)26(35)34(22)19-7-3-2-4-8-19/h2-9,11-16H,10H2,1H3,(H2,28,29,30)/t16-/m1/s1. The summed E-state index contributed by atoms with van der Waals surface area (Å²) in [7, 11) is 0. The van der Waals surface area contributed by atoms with Crippen LogP contribution in [0.3, 0.4) is 0 Å². The zero-order valence-corrected chi connectivity index (χ0v) is 20.2. The van der Waals surface area contributed by atoms with Crippen LogP contribution < -0.4 is 11.3 Å². The molecule has 4 heterocycles. The second-order valence-electron chi connectivity index (χ2n) is 8.58. The molecule has 0 spiro atoms. The molecule has 176 valence electrons. The van der Waals surface area contributed by atoms with E-state index in [4.69, 9.17) is 5.73 Å². The van der Waals surface area contributed by atoms with Crippen molar-refractivity contribution in [3.63, 3.8) is 0 Å². The summed E-state index contributed by atoms with van der Waals surface area (Å²) in [4.78, 5) is 36.6. The van der Waals surface area contributed by atoms with Crippen molar-refractivity contribution in [3.05, 3.63) is 101 Å². The van der Waals surface area contributed by atoms with Crippen LogP contribution in [0.1, 0.15) is 24.2 Å². The lowest BCUT2D eigenvalue weighted by atomic mass is 9.95. The van der Waals surface area contributed by atoms with Crippen LogP contribution in [0.5, 0.6) is 0 Å². The highest BCUT2D eigenvalue weighted by molar-refractivity contribution is 7.16. The molecule has 0 saturated carbocycles. The number of hydrogen-bond donors (Lipinski definition) is 1. The van der Waals surface area contributed by atoms with E-state index in [1.165, 1.54) is 11.3 Å². The molecule has 0 aliphatic rings. The lowest BCUT2D eigenvalue weighted by Crippen LogP contribution is -2.24. The minimum atomic E-state index is -0.102. The lowest BCUT2D eigenvalue weighted by molar-refractivity contribution is 0.687. The molecule has 0 aliphatic carbocycles. The Morgan fingerprint density at radius 3 is 2.58 bits per heavy atom. The van der Waals surface area contributed by atoms with Crippen LogP contribution in [0.15, 0.2) is 83.6 Å². The largest absolute Gasteiger partial charge is 0.368 e. The van der Waals surface area contributed by atoms with Crippen molar-refractivity contribution in [2.45, 2.75) is 19.3 Å². The molecular weight excluding hydrogens is 470 g/mol. The maximum absolute atomic E-state index is 14.2. The number of benzene rings is 2. The van der Waals surface area contributed by atoms with E-state index in [2.05, 4.69) is 37.9 Å². The normalized spacial score (nSPS) is 12.2. The predicted molar refractivity (Wildman–Crippen MR) is 142 cm³/mol. The second-order valence-corrected chi connectivity index (χ2v) is 9.41. The summed E-state index contributed by atoms with van der Waals surface area (Å²) < 4.78 is 1.80. The molecule has 6 aromatic rings. The number of nitrogens with zero attached hydrogens (tertiary/aromatic N) is 6. The Morgan fingerprint density at radius 2 is 1.78 bits per heavy atom. The minimum Gasteiger partial charge on any atom is -0.368 e. The fourth-order valence-corrected chi connectivity index (χ4v) is 5.24. The number of aromatic nitrogens is 6. The van der Waals surface area contributed by atoms with Gasteiger partial charge in [-0.3, -0.25) is 9.36 Å². The number of thiazole rings is 1. The van der Waals surface area contributed by atoms with Crippen LogP contribution in [0.25, 0.3) is 37.9 Å². The zero-order chi connectivity index (χ0) is 24.6. The van der Waals surface area contributed by atoms with Crippen LogP contribution in [-0.4, -0.2) is 29.5 Å². The van der Waals surface area contributed by atoms with E-state index < -0.39 is 0 Å².